The molecule has 0 aliphatic carbocycles. The maximum Gasteiger partial charge on any atom is 0.257 e. The van der Waals surface area contributed by atoms with Crippen LogP contribution in [0.25, 0.3) is 0 Å². The van der Waals surface area contributed by atoms with E-state index in [0.29, 0.717) is 25.9 Å². The lowest BCUT2D eigenvalue weighted by atomic mass is 9.89. The van der Waals surface area contributed by atoms with E-state index in [9.17, 15) is 26.4 Å². The highest BCUT2D eigenvalue weighted by molar-refractivity contribution is 7.89. The predicted molar refractivity (Wildman–Crippen MR) is 120 cm³/mol. The Balaban J connectivity index is 1.60. The number of carbonyl (C=O) groups excluding carboxylic acids is 1. The number of para-hydroxylation sites is 1. The largest absolute Gasteiger partial charge is 0.350 e. The fourth-order valence-corrected chi connectivity index (χ4v) is 4.42. The normalized spacial score (nSPS) is 14.8. The van der Waals surface area contributed by atoms with E-state index in [4.69, 9.17) is 5.14 Å². The number of amides is 1. The van der Waals surface area contributed by atoms with Crippen molar-refractivity contribution in [1.82, 2.24) is 9.88 Å². The molecule has 1 aliphatic heterocycles. The number of nitrogens with zero attached hydrogens (tertiary/aromatic N) is 2. The molecule has 0 radical (unpaired) electrons. The minimum Gasteiger partial charge on any atom is -0.350 e. The molecule has 1 aliphatic rings. The second-order valence-electron chi connectivity index (χ2n) is 7.95. The van der Waals surface area contributed by atoms with E-state index in [1.807, 2.05) is 0 Å². The lowest BCUT2D eigenvalue weighted by molar-refractivity contribution is 0.0713. The number of pyridine rings is 1. The van der Waals surface area contributed by atoms with Crippen LogP contribution in [-0.2, 0) is 10.0 Å². The Hall–Kier alpha value is -3.44. The molecule has 0 saturated carbocycles. The predicted octanol–water partition coefficient (Wildman–Crippen LogP) is 3.91. The van der Waals surface area contributed by atoms with Gasteiger partial charge in [0.15, 0.2) is 5.03 Å². The molecule has 11 heteroatoms. The standard InChI is InChI=1S/C23H21F3N4O3S/c24-16-6-4-14(5-7-16)15-8-10-30(11-9-15)23(31)17-13-28-21(34(27,32)33)12-20(17)29-22-18(25)2-1-3-19(22)26/h1-7,12-13,15H,8-11H2,(H,28,29)(H2,27,32,33). The maximum absolute atomic E-state index is 14.2. The van der Waals surface area contributed by atoms with Gasteiger partial charge in [-0.3, -0.25) is 4.79 Å². The number of rotatable bonds is 5. The second kappa shape index (κ2) is 9.43. The van der Waals surface area contributed by atoms with Crippen LogP contribution in [0.3, 0.4) is 0 Å². The van der Waals surface area contributed by atoms with Gasteiger partial charge >= 0.3 is 0 Å². The summed E-state index contributed by atoms with van der Waals surface area (Å²) in [6.07, 6.45) is 2.28. The Morgan fingerprint density at radius 2 is 1.65 bits per heavy atom. The first-order valence-electron chi connectivity index (χ1n) is 10.4. The van der Waals surface area contributed by atoms with Crippen molar-refractivity contribution in [3.63, 3.8) is 0 Å². The second-order valence-corrected chi connectivity index (χ2v) is 9.46. The third-order valence-corrected chi connectivity index (χ3v) is 6.55. The molecule has 178 valence electrons. The summed E-state index contributed by atoms with van der Waals surface area (Å²) in [5.41, 5.74) is 0.229. The van der Waals surface area contributed by atoms with Gasteiger partial charge in [-0.15, -0.1) is 0 Å². The first-order chi connectivity index (χ1) is 16.1. The number of likely N-dealkylation sites (tertiary alicyclic amines) is 1. The first kappa shape index (κ1) is 23.7. The molecule has 1 aromatic heterocycles. The molecule has 34 heavy (non-hydrogen) atoms. The SMILES string of the molecule is NS(=O)(=O)c1cc(Nc2c(F)cccc2F)c(C(=O)N2CCC(c3ccc(F)cc3)CC2)cn1. The van der Waals surface area contributed by atoms with Gasteiger partial charge in [-0.1, -0.05) is 18.2 Å². The van der Waals surface area contributed by atoms with Crippen LogP contribution < -0.4 is 10.5 Å². The van der Waals surface area contributed by atoms with Crippen LogP contribution in [0.15, 0.2) is 59.8 Å². The molecule has 0 spiro atoms. The number of benzene rings is 2. The van der Waals surface area contributed by atoms with E-state index in [0.717, 1.165) is 30.0 Å². The van der Waals surface area contributed by atoms with E-state index in [1.165, 1.54) is 18.2 Å². The number of hydrogen-bond acceptors (Lipinski definition) is 5. The number of anilines is 2. The van der Waals surface area contributed by atoms with Gasteiger partial charge in [0.05, 0.1) is 11.3 Å². The van der Waals surface area contributed by atoms with Gasteiger partial charge in [0.25, 0.3) is 15.9 Å². The Morgan fingerprint density at radius 1 is 1.03 bits per heavy atom. The van der Waals surface area contributed by atoms with E-state index in [-0.39, 0.29) is 23.0 Å². The monoisotopic (exact) mass is 490 g/mol. The summed E-state index contributed by atoms with van der Waals surface area (Å²) in [4.78, 5) is 18.6. The number of nitrogens with one attached hydrogen (secondary N) is 1. The molecule has 4 rings (SSSR count). The molecular formula is C23H21F3N4O3S. The lowest BCUT2D eigenvalue weighted by Gasteiger charge is -2.32. The van der Waals surface area contributed by atoms with Crippen LogP contribution in [0.4, 0.5) is 24.5 Å². The fourth-order valence-electron chi connectivity index (χ4n) is 3.94. The minimum absolute atomic E-state index is 0.0599. The van der Waals surface area contributed by atoms with Crippen molar-refractivity contribution in [3.05, 3.63) is 83.3 Å². The summed E-state index contributed by atoms with van der Waals surface area (Å²) in [6.45, 7) is 0.761. The number of hydrogen-bond donors (Lipinski definition) is 2. The number of aromatic nitrogens is 1. The zero-order valence-electron chi connectivity index (χ0n) is 17.8. The molecule has 0 atom stereocenters. The molecule has 2 aromatic carbocycles. The summed E-state index contributed by atoms with van der Waals surface area (Å²) in [6, 6.07) is 10.4. The molecule has 0 unspecified atom stereocenters. The lowest BCUT2D eigenvalue weighted by Crippen LogP contribution is -2.38. The third-order valence-electron chi connectivity index (χ3n) is 5.75. The van der Waals surface area contributed by atoms with Crippen LogP contribution in [0, 0.1) is 17.5 Å². The smallest absolute Gasteiger partial charge is 0.257 e. The Kier molecular flexibility index (Phi) is 6.58. The van der Waals surface area contributed by atoms with E-state index < -0.39 is 38.3 Å². The number of carbonyl (C=O) groups is 1. The van der Waals surface area contributed by atoms with Crippen LogP contribution in [0.2, 0.25) is 0 Å². The van der Waals surface area contributed by atoms with Gasteiger partial charge in [-0.25, -0.2) is 31.7 Å². The van der Waals surface area contributed by atoms with Gasteiger partial charge in [0.2, 0.25) is 0 Å². The molecule has 0 bridgehead atoms. The summed E-state index contributed by atoms with van der Waals surface area (Å²) in [7, 11) is -4.24. The van der Waals surface area contributed by atoms with Crippen LogP contribution in [-0.4, -0.2) is 37.3 Å². The van der Waals surface area contributed by atoms with Crippen molar-refractivity contribution >= 4 is 27.3 Å². The highest BCUT2D eigenvalue weighted by atomic mass is 32.2. The molecule has 3 aromatic rings. The zero-order valence-corrected chi connectivity index (χ0v) is 18.7. The molecular weight excluding hydrogens is 469 g/mol. The van der Waals surface area contributed by atoms with Crippen molar-refractivity contribution in [2.24, 2.45) is 5.14 Å². The van der Waals surface area contributed by atoms with Crippen molar-refractivity contribution in [3.8, 4) is 0 Å². The highest BCUT2D eigenvalue weighted by Gasteiger charge is 2.27. The van der Waals surface area contributed by atoms with Gasteiger partial charge in [-0.05, 0) is 48.6 Å². The zero-order chi connectivity index (χ0) is 24.5. The molecule has 3 N–H and O–H groups in total. The van der Waals surface area contributed by atoms with Gasteiger partial charge in [-0.2, -0.15) is 0 Å². The number of primary sulfonamides is 1. The van der Waals surface area contributed by atoms with Crippen LogP contribution >= 0.6 is 0 Å². The number of sulfonamides is 1. The Bertz CT molecular complexity index is 1310. The first-order valence-corrected chi connectivity index (χ1v) is 12.0. The van der Waals surface area contributed by atoms with Crippen LogP contribution in [0.5, 0.6) is 0 Å². The average Bonchev–Trinajstić information content (AvgIpc) is 2.81. The quantitative estimate of drug-likeness (QED) is 0.564. The number of nitrogens with two attached hydrogens (primary N) is 1. The van der Waals surface area contributed by atoms with Gasteiger partial charge < -0.3 is 10.2 Å². The number of halogens is 3. The number of piperidine rings is 1. The van der Waals surface area contributed by atoms with Crippen molar-refractivity contribution < 1.29 is 26.4 Å². The van der Waals surface area contributed by atoms with Crippen molar-refractivity contribution in [2.75, 3.05) is 18.4 Å². The summed E-state index contributed by atoms with van der Waals surface area (Å²) >= 11 is 0. The molecule has 7 nitrogen and oxygen atoms in total. The van der Waals surface area contributed by atoms with Crippen LogP contribution in [0.1, 0.15) is 34.7 Å². The van der Waals surface area contributed by atoms with Gasteiger partial charge in [0, 0.05) is 25.4 Å². The van der Waals surface area contributed by atoms with Crippen molar-refractivity contribution in [1.29, 1.82) is 0 Å². The van der Waals surface area contributed by atoms with E-state index >= 15 is 0 Å². The van der Waals surface area contributed by atoms with E-state index in [1.54, 1.807) is 17.0 Å². The third kappa shape index (κ3) is 5.05. The fraction of sp³-hybridized carbons (Fsp3) is 0.217. The Labute approximate surface area is 194 Å². The topological polar surface area (TPSA) is 105 Å². The van der Waals surface area contributed by atoms with Gasteiger partial charge in [0.1, 0.15) is 23.1 Å². The highest BCUT2D eigenvalue weighted by Crippen LogP contribution is 2.31. The van der Waals surface area contributed by atoms with Crippen molar-refractivity contribution in [2.45, 2.75) is 23.8 Å². The average molecular weight is 491 g/mol. The molecule has 1 saturated heterocycles. The minimum atomic E-state index is -4.24. The molecule has 2 heterocycles. The molecule has 1 amide bonds. The summed E-state index contributed by atoms with van der Waals surface area (Å²) in [5, 5.41) is 7.07. The summed E-state index contributed by atoms with van der Waals surface area (Å²) in [5.74, 6) is -2.50. The summed E-state index contributed by atoms with van der Waals surface area (Å²) < 4.78 is 65.1. The molecule has 1 fully saturated rings. The Morgan fingerprint density at radius 3 is 2.24 bits per heavy atom. The maximum atomic E-state index is 14.2. The van der Waals surface area contributed by atoms with E-state index in [2.05, 4.69) is 10.3 Å².